The van der Waals surface area contributed by atoms with Crippen molar-refractivity contribution in [3.8, 4) is 11.5 Å². The van der Waals surface area contributed by atoms with Gasteiger partial charge in [0.1, 0.15) is 0 Å². The summed E-state index contributed by atoms with van der Waals surface area (Å²) in [5.74, 6) is 1.27. The Morgan fingerprint density at radius 3 is 2.26 bits per heavy atom. The first-order chi connectivity index (χ1) is 10.9. The Morgan fingerprint density at radius 1 is 1.09 bits per heavy atom. The van der Waals surface area contributed by atoms with Crippen LogP contribution in [0.25, 0.3) is 0 Å². The highest BCUT2D eigenvalue weighted by Crippen LogP contribution is 2.36. The van der Waals surface area contributed by atoms with E-state index >= 15 is 0 Å². The number of primary sulfonamides is 1. The predicted octanol–water partition coefficient (Wildman–Crippen LogP) is 2.73. The van der Waals surface area contributed by atoms with Crippen molar-refractivity contribution >= 4 is 31.6 Å². The van der Waals surface area contributed by atoms with E-state index in [1.54, 1.807) is 26.4 Å². The second-order valence-electron chi connectivity index (χ2n) is 4.68. The Hall–Kier alpha value is -1.77. The summed E-state index contributed by atoms with van der Waals surface area (Å²) >= 11 is 3.49. The van der Waals surface area contributed by atoms with E-state index in [-0.39, 0.29) is 4.90 Å². The van der Waals surface area contributed by atoms with Gasteiger partial charge in [-0.25, -0.2) is 13.6 Å². The minimum Gasteiger partial charge on any atom is -0.493 e. The molecule has 0 aliphatic rings. The molecule has 0 radical (unpaired) electrons. The zero-order valence-electron chi connectivity index (χ0n) is 12.7. The Bertz CT molecular complexity index is 792. The van der Waals surface area contributed by atoms with Crippen molar-refractivity contribution in [3.05, 3.63) is 46.4 Å². The number of nitrogens with two attached hydrogens (primary N) is 1. The number of nitrogens with one attached hydrogen (secondary N) is 1. The lowest BCUT2D eigenvalue weighted by atomic mass is 10.1. The molecule has 3 N–H and O–H groups in total. The molecule has 6 nitrogen and oxygen atoms in total. The highest BCUT2D eigenvalue weighted by atomic mass is 79.9. The minimum absolute atomic E-state index is 0.0724. The monoisotopic (exact) mass is 400 g/mol. The largest absolute Gasteiger partial charge is 0.493 e. The van der Waals surface area contributed by atoms with Crippen molar-refractivity contribution in [2.45, 2.75) is 11.4 Å². The van der Waals surface area contributed by atoms with Gasteiger partial charge in [0.15, 0.2) is 11.5 Å². The summed E-state index contributed by atoms with van der Waals surface area (Å²) in [6.07, 6.45) is 0. The molecule has 0 aromatic heterocycles. The van der Waals surface area contributed by atoms with E-state index in [2.05, 4.69) is 21.2 Å². The number of halogens is 1. The fraction of sp³-hybridized carbons (Fsp3) is 0.200. The fourth-order valence-electron chi connectivity index (χ4n) is 2.08. The number of hydrogen-bond donors (Lipinski definition) is 2. The normalized spacial score (nSPS) is 11.1. The van der Waals surface area contributed by atoms with Gasteiger partial charge in [0.05, 0.1) is 19.1 Å². The molecule has 0 amide bonds. The van der Waals surface area contributed by atoms with Crippen LogP contribution in [0.4, 0.5) is 5.69 Å². The summed E-state index contributed by atoms with van der Waals surface area (Å²) < 4.78 is 34.1. The lowest BCUT2D eigenvalue weighted by molar-refractivity contribution is 0.351. The number of ether oxygens (including phenoxy) is 2. The van der Waals surface area contributed by atoms with Crippen LogP contribution in [0.3, 0.4) is 0 Å². The number of benzene rings is 2. The van der Waals surface area contributed by atoms with Gasteiger partial charge in [0.25, 0.3) is 0 Å². The SMILES string of the molecule is COc1ccc(Br)c(CNc2ccc(S(N)(=O)=O)cc2)c1OC. The third kappa shape index (κ3) is 4.15. The van der Waals surface area contributed by atoms with Gasteiger partial charge in [0, 0.05) is 22.3 Å². The molecule has 0 aliphatic heterocycles. The summed E-state index contributed by atoms with van der Waals surface area (Å²) in [5, 5.41) is 8.28. The number of hydrogen-bond acceptors (Lipinski definition) is 5. The van der Waals surface area contributed by atoms with E-state index < -0.39 is 10.0 Å². The zero-order valence-corrected chi connectivity index (χ0v) is 15.1. The first-order valence-electron chi connectivity index (χ1n) is 6.63. The molecule has 0 saturated heterocycles. The zero-order chi connectivity index (χ0) is 17.0. The summed E-state index contributed by atoms with van der Waals surface area (Å²) in [4.78, 5) is 0.0724. The quantitative estimate of drug-likeness (QED) is 0.777. The van der Waals surface area contributed by atoms with Crippen LogP contribution in [0, 0.1) is 0 Å². The molecule has 2 aromatic rings. The summed E-state index contributed by atoms with van der Waals surface area (Å²) in [7, 11) is -0.529. The summed E-state index contributed by atoms with van der Waals surface area (Å²) in [6.45, 7) is 0.468. The smallest absolute Gasteiger partial charge is 0.238 e. The van der Waals surface area contributed by atoms with Crippen LogP contribution in [0.5, 0.6) is 11.5 Å². The molecule has 8 heteroatoms. The van der Waals surface area contributed by atoms with Gasteiger partial charge in [-0.15, -0.1) is 0 Å². The Labute approximate surface area is 143 Å². The van der Waals surface area contributed by atoms with Gasteiger partial charge in [-0.2, -0.15) is 0 Å². The topological polar surface area (TPSA) is 90.6 Å². The van der Waals surface area contributed by atoms with Gasteiger partial charge in [-0.3, -0.25) is 0 Å². The molecule has 2 aromatic carbocycles. The average molecular weight is 401 g/mol. The van der Waals surface area contributed by atoms with Gasteiger partial charge >= 0.3 is 0 Å². The van der Waals surface area contributed by atoms with E-state index in [1.807, 2.05) is 12.1 Å². The molecular weight excluding hydrogens is 384 g/mol. The summed E-state index contributed by atoms with van der Waals surface area (Å²) in [6, 6.07) is 9.90. The number of rotatable bonds is 6. The van der Waals surface area contributed by atoms with Gasteiger partial charge < -0.3 is 14.8 Å². The van der Waals surface area contributed by atoms with Crippen molar-refractivity contribution in [3.63, 3.8) is 0 Å². The van der Waals surface area contributed by atoms with Gasteiger partial charge in [-0.05, 0) is 36.4 Å². The highest BCUT2D eigenvalue weighted by Gasteiger charge is 2.13. The molecule has 2 rings (SSSR count). The lowest BCUT2D eigenvalue weighted by Crippen LogP contribution is -2.12. The molecule has 0 saturated carbocycles. The van der Waals surface area contributed by atoms with Crippen molar-refractivity contribution in [1.29, 1.82) is 0 Å². The third-order valence-corrected chi connectivity index (χ3v) is 4.92. The van der Waals surface area contributed by atoms with Crippen LogP contribution in [0.2, 0.25) is 0 Å². The molecule has 0 heterocycles. The first-order valence-corrected chi connectivity index (χ1v) is 8.97. The Balaban J connectivity index is 2.21. The summed E-state index contributed by atoms with van der Waals surface area (Å²) in [5.41, 5.74) is 1.65. The van der Waals surface area contributed by atoms with Gasteiger partial charge in [0.2, 0.25) is 10.0 Å². The molecule has 0 atom stereocenters. The second-order valence-corrected chi connectivity index (χ2v) is 7.10. The molecule has 0 spiro atoms. The molecule has 124 valence electrons. The van der Waals surface area contributed by atoms with E-state index in [4.69, 9.17) is 14.6 Å². The molecule has 23 heavy (non-hydrogen) atoms. The fourth-order valence-corrected chi connectivity index (χ4v) is 3.05. The van der Waals surface area contributed by atoms with E-state index in [0.717, 1.165) is 15.7 Å². The number of anilines is 1. The van der Waals surface area contributed by atoms with Crippen LogP contribution in [-0.4, -0.2) is 22.6 Å². The highest BCUT2D eigenvalue weighted by molar-refractivity contribution is 9.10. The van der Waals surface area contributed by atoms with Gasteiger partial charge in [-0.1, -0.05) is 15.9 Å². The van der Waals surface area contributed by atoms with Crippen LogP contribution in [0.1, 0.15) is 5.56 Å². The average Bonchev–Trinajstić information content (AvgIpc) is 2.52. The standard InChI is InChI=1S/C15H17BrN2O4S/c1-21-14-8-7-13(16)12(15(14)22-2)9-18-10-3-5-11(6-4-10)23(17,19)20/h3-8,18H,9H2,1-2H3,(H2,17,19,20). The van der Waals surface area contributed by atoms with E-state index in [9.17, 15) is 8.42 Å². The Kier molecular flexibility index (Phi) is 5.51. The number of sulfonamides is 1. The van der Waals surface area contributed by atoms with Crippen molar-refractivity contribution in [2.24, 2.45) is 5.14 Å². The van der Waals surface area contributed by atoms with E-state index in [0.29, 0.717) is 18.0 Å². The third-order valence-electron chi connectivity index (χ3n) is 3.24. The Morgan fingerprint density at radius 2 is 1.74 bits per heavy atom. The van der Waals surface area contributed by atoms with Crippen molar-refractivity contribution in [1.82, 2.24) is 0 Å². The maximum absolute atomic E-state index is 11.2. The first kappa shape index (κ1) is 17.6. The molecule has 0 bridgehead atoms. The maximum Gasteiger partial charge on any atom is 0.238 e. The molecule has 0 fully saturated rings. The molecule has 0 unspecified atom stereocenters. The lowest BCUT2D eigenvalue weighted by Gasteiger charge is -2.15. The van der Waals surface area contributed by atoms with Crippen LogP contribution in [0.15, 0.2) is 45.8 Å². The van der Waals surface area contributed by atoms with Crippen LogP contribution < -0.4 is 19.9 Å². The van der Waals surface area contributed by atoms with Crippen molar-refractivity contribution in [2.75, 3.05) is 19.5 Å². The predicted molar refractivity (Wildman–Crippen MR) is 92.4 cm³/mol. The van der Waals surface area contributed by atoms with Crippen LogP contribution >= 0.6 is 15.9 Å². The molecular formula is C15H17BrN2O4S. The molecule has 0 aliphatic carbocycles. The maximum atomic E-state index is 11.2. The van der Waals surface area contributed by atoms with E-state index in [1.165, 1.54) is 12.1 Å². The van der Waals surface area contributed by atoms with Crippen LogP contribution in [-0.2, 0) is 16.6 Å². The van der Waals surface area contributed by atoms with Crippen molar-refractivity contribution < 1.29 is 17.9 Å². The minimum atomic E-state index is -3.68. The second kappa shape index (κ2) is 7.20. The number of methoxy groups -OCH3 is 2.